The lowest BCUT2D eigenvalue weighted by Gasteiger charge is -2.22. The van der Waals surface area contributed by atoms with Gasteiger partial charge in [-0.25, -0.2) is 4.79 Å². The van der Waals surface area contributed by atoms with Crippen molar-refractivity contribution in [2.24, 2.45) is 5.92 Å². The Balaban J connectivity index is 4.60. The van der Waals surface area contributed by atoms with Crippen LogP contribution < -0.4 is 0 Å². The third kappa shape index (κ3) is 10.1. The maximum absolute atomic E-state index is 11.9. The maximum Gasteiger partial charge on any atom is 0.363 e. The lowest BCUT2D eigenvalue weighted by molar-refractivity contribution is -0.212. The number of carboxylic acids is 2. The van der Waals surface area contributed by atoms with Crippen molar-refractivity contribution in [3.63, 3.8) is 0 Å². The molecule has 0 saturated carbocycles. The third-order valence-electron chi connectivity index (χ3n) is 2.37. The number of rotatable bonds is 11. The molecule has 0 unspecified atom stereocenters. The molecule has 0 aliphatic carbocycles. The van der Waals surface area contributed by atoms with Gasteiger partial charge in [-0.2, -0.15) is 0 Å². The minimum absolute atomic E-state index is 0.273. The van der Waals surface area contributed by atoms with Gasteiger partial charge in [0.05, 0.1) is 31.7 Å². The van der Waals surface area contributed by atoms with E-state index in [-0.39, 0.29) is 18.8 Å². The predicted molar refractivity (Wildman–Crippen MR) is 75.2 cm³/mol. The van der Waals surface area contributed by atoms with Gasteiger partial charge in [-0.15, -0.1) is 0 Å². The van der Waals surface area contributed by atoms with E-state index < -0.39 is 43.0 Å². The molecule has 22 heavy (non-hydrogen) atoms. The van der Waals surface area contributed by atoms with Crippen molar-refractivity contribution in [2.75, 3.05) is 6.61 Å². The fourth-order valence-corrected chi connectivity index (χ4v) is 1.59. The van der Waals surface area contributed by atoms with Crippen molar-refractivity contribution in [1.82, 2.24) is 0 Å². The van der Waals surface area contributed by atoms with Crippen molar-refractivity contribution in [3.8, 4) is 0 Å². The molecule has 0 bridgehead atoms. The summed E-state index contributed by atoms with van der Waals surface area (Å²) in [7, 11) is 0. The maximum atomic E-state index is 11.9. The van der Waals surface area contributed by atoms with Crippen molar-refractivity contribution in [1.29, 1.82) is 0 Å². The van der Waals surface area contributed by atoms with Crippen molar-refractivity contribution in [2.45, 2.75) is 59.0 Å². The number of carbonyl (C=O) groups is 3. The van der Waals surface area contributed by atoms with Gasteiger partial charge in [0, 0.05) is 5.92 Å². The summed E-state index contributed by atoms with van der Waals surface area (Å²) >= 11 is 0. The normalized spacial score (nSPS) is 11.5. The van der Waals surface area contributed by atoms with Crippen LogP contribution in [0.25, 0.3) is 0 Å². The average molecular weight is 320 g/mol. The van der Waals surface area contributed by atoms with Gasteiger partial charge in [-0.3, -0.25) is 9.59 Å². The van der Waals surface area contributed by atoms with Crippen LogP contribution >= 0.6 is 0 Å². The standard InChI is InChI=1S/C14H24O8/c1-8(2)21-14(22-9(3)4)13(19)20-7-10(5-11(15)16)6-12(17)18/h8-10,14H,5-7H2,1-4H3,(H,15,16)(H,17,18). The van der Waals surface area contributed by atoms with Crippen LogP contribution in [0.3, 0.4) is 0 Å². The second-order valence-corrected chi connectivity index (χ2v) is 5.39. The Morgan fingerprint density at radius 3 is 1.59 bits per heavy atom. The van der Waals surface area contributed by atoms with Crippen LogP contribution in [0.2, 0.25) is 0 Å². The van der Waals surface area contributed by atoms with Crippen LogP contribution in [0.1, 0.15) is 40.5 Å². The summed E-state index contributed by atoms with van der Waals surface area (Å²) in [5.41, 5.74) is 0. The fraction of sp³-hybridized carbons (Fsp3) is 0.786. The summed E-state index contributed by atoms with van der Waals surface area (Å²) in [5, 5.41) is 17.5. The van der Waals surface area contributed by atoms with Crippen molar-refractivity contribution >= 4 is 17.9 Å². The van der Waals surface area contributed by atoms with Gasteiger partial charge < -0.3 is 24.4 Å². The molecule has 0 aromatic carbocycles. The Hall–Kier alpha value is -1.67. The van der Waals surface area contributed by atoms with Crippen molar-refractivity contribution < 1.29 is 38.8 Å². The zero-order valence-corrected chi connectivity index (χ0v) is 13.3. The quantitative estimate of drug-likeness (QED) is 0.431. The van der Waals surface area contributed by atoms with Gasteiger partial charge in [0.2, 0.25) is 0 Å². The van der Waals surface area contributed by atoms with Gasteiger partial charge >= 0.3 is 17.9 Å². The number of carbonyl (C=O) groups excluding carboxylic acids is 1. The molecule has 0 aromatic heterocycles. The second-order valence-electron chi connectivity index (χ2n) is 5.39. The smallest absolute Gasteiger partial charge is 0.363 e. The largest absolute Gasteiger partial charge is 0.481 e. The summed E-state index contributed by atoms with van der Waals surface area (Å²) in [4.78, 5) is 33.3. The highest BCUT2D eigenvalue weighted by atomic mass is 16.7. The Kier molecular flexibility index (Phi) is 9.35. The Morgan fingerprint density at radius 1 is 0.864 bits per heavy atom. The van der Waals surface area contributed by atoms with Gasteiger partial charge in [0.1, 0.15) is 0 Å². The van der Waals surface area contributed by atoms with Crippen LogP contribution in [0.4, 0.5) is 0 Å². The lowest BCUT2D eigenvalue weighted by atomic mass is 10.0. The van der Waals surface area contributed by atoms with E-state index in [2.05, 4.69) is 0 Å². The van der Waals surface area contributed by atoms with Gasteiger partial charge in [0.25, 0.3) is 6.29 Å². The minimum atomic E-state index is -1.23. The van der Waals surface area contributed by atoms with E-state index >= 15 is 0 Å². The number of ether oxygens (including phenoxy) is 3. The molecule has 0 spiro atoms. The highest BCUT2D eigenvalue weighted by Gasteiger charge is 2.26. The van der Waals surface area contributed by atoms with Gasteiger partial charge in [-0.1, -0.05) is 0 Å². The molecule has 0 aromatic rings. The molecule has 0 atom stereocenters. The van der Waals surface area contributed by atoms with E-state index in [0.29, 0.717) is 0 Å². The molecule has 2 N–H and O–H groups in total. The SMILES string of the molecule is CC(C)OC(OC(C)C)C(=O)OCC(CC(=O)O)CC(=O)O. The molecular formula is C14H24O8. The molecule has 0 rings (SSSR count). The van der Waals surface area contributed by atoms with Crippen LogP contribution in [0, 0.1) is 5.92 Å². The topological polar surface area (TPSA) is 119 Å². The molecular weight excluding hydrogens is 296 g/mol. The van der Waals surface area contributed by atoms with Crippen molar-refractivity contribution in [3.05, 3.63) is 0 Å². The molecule has 0 radical (unpaired) electrons. The first kappa shape index (κ1) is 20.3. The lowest BCUT2D eigenvalue weighted by Crippen LogP contribution is -2.35. The Labute approximate surface area is 129 Å². The summed E-state index contributed by atoms with van der Waals surface area (Å²) < 4.78 is 15.5. The summed E-state index contributed by atoms with van der Waals surface area (Å²) in [6.45, 7) is 6.57. The molecule has 0 fully saturated rings. The van der Waals surface area contributed by atoms with Gasteiger partial charge in [0.15, 0.2) is 0 Å². The predicted octanol–water partition coefficient (Wildman–Crippen LogP) is 1.27. The molecule has 0 amide bonds. The monoisotopic (exact) mass is 320 g/mol. The number of carboxylic acid groups (broad SMARTS) is 2. The molecule has 0 saturated heterocycles. The van der Waals surface area contributed by atoms with Crippen LogP contribution in [-0.4, -0.2) is 53.2 Å². The minimum Gasteiger partial charge on any atom is -0.481 e. The summed E-state index contributed by atoms with van der Waals surface area (Å²) in [5.74, 6) is -3.92. The molecule has 8 heteroatoms. The molecule has 0 aliphatic rings. The first-order valence-electron chi connectivity index (χ1n) is 7.03. The summed E-state index contributed by atoms with van der Waals surface area (Å²) in [6, 6.07) is 0. The van der Waals surface area contributed by atoms with E-state index in [9.17, 15) is 14.4 Å². The molecule has 0 aliphatic heterocycles. The first-order chi connectivity index (χ1) is 10.1. The van der Waals surface area contributed by atoms with E-state index in [1.807, 2.05) is 0 Å². The Morgan fingerprint density at radius 2 is 1.27 bits per heavy atom. The van der Waals surface area contributed by atoms with Crippen LogP contribution in [0.5, 0.6) is 0 Å². The zero-order chi connectivity index (χ0) is 17.3. The average Bonchev–Trinajstić information content (AvgIpc) is 2.32. The van der Waals surface area contributed by atoms with Gasteiger partial charge in [-0.05, 0) is 27.7 Å². The van der Waals surface area contributed by atoms with E-state index in [1.165, 1.54) is 0 Å². The number of hydrogen-bond donors (Lipinski definition) is 2. The van der Waals surface area contributed by atoms with E-state index in [0.717, 1.165) is 0 Å². The number of aliphatic carboxylic acids is 2. The molecule has 8 nitrogen and oxygen atoms in total. The molecule has 128 valence electrons. The van der Waals surface area contributed by atoms with Crippen LogP contribution in [-0.2, 0) is 28.6 Å². The number of hydrogen-bond acceptors (Lipinski definition) is 6. The highest BCUT2D eigenvalue weighted by molar-refractivity contribution is 5.74. The van der Waals surface area contributed by atoms with E-state index in [4.69, 9.17) is 24.4 Å². The second kappa shape index (κ2) is 10.1. The first-order valence-corrected chi connectivity index (χ1v) is 7.03. The number of esters is 1. The summed E-state index contributed by atoms with van der Waals surface area (Å²) in [6.07, 6.45) is -2.58. The van der Waals surface area contributed by atoms with E-state index in [1.54, 1.807) is 27.7 Å². The van der Waals surface area contributed by atoms with Crippen LogP contribution in [0.15, 0.2) is 0 Å². The zero-order valence-electron chi connectivity index (χ0n) is 13.3. The molecule has 0 heterocycles. The third-order valence-corrected chi connectivity index (χ3v) is 2.37. The highest BCUT2D eigenvalue weighted by Crippen LogP contribution is 2.12. The Bertz CT molecular complexity index is 351. The fourth-order valence-electron chi connectivity index (χ4n) is 1.59.